The molecule has 0 amide bonds. The first kappa shape index (κ1) is 42.7. The highest BCUT2D eigenvalue weighted by Gasteiger charge is 2.29. The number of rotatable bonds is 12. The summed E-state index contributed by atoms with van der Waals surface area (Å²) in [4.78, 5) is 2.14. The predicted molar refractivity (Wildman–Crippen MR) is 194 cm³/mol. The fourth-order valence-corrected chi connectivity index (χ4v) is 7.82. The summed E-state index contributed by atoms with van der Waals surface area (Å²) in [5, 5.41) is 18.4. The molecule has 45 heavy (non-hydrogen) atoms. The third-order valence-corrected chi connectivity index (χ3v) is 10.8. The van der Waals surface area contributed by atoms with E-state index in [4.69, 9.17) is 13.6 Å². The van der Waals surface area contributed by atoms with Crippen molar-refractivity contribution in [1.82, 2.24) is 4.90 Å². The molecule has 1 heterocycles. The van der Waals surface area contributed by atoms with Gasteiger partial charge >= 0.3 is 8.56 Å². The normalized spacial score (nSPS) is 22.4. The van der Waals surface area contributed by atoms with Crippen molar-refractivity contribution in [2.24, 2.45) is 0 Å². The molecule has 0 aliphatic carbocycles. The minimum Gasteiger partial charge on any atom is -0.395 e. The van der Waals surface area contributed by atoms with Gasteiger partial charge in [0, 0.05) is 26.3 Å². The molecule has 0 aromatic heterocycles. The third kappa shape index (κ3) is 29.6. The van der Waals surface area contributed by atoms with Gasteiger partial charge in [-0.1, -0.05) is 121 Å². The Morgan fingerprint density at radius 1 is 0.600 bits per heavy atom. The van der Waals surface area contributed by atoms with Gasteiger partial charge in [-0.15, -0.1) is 0 Å². The molecule has 1 aliphatic rings. The molecule has 0 radical (unpaired) electrons. The molecule has 0 aromatic rings. The van der Waals surface area contributed by atoms with Crippen LogP contribution in [-0.4, -0.2) is 76.0 Å². The summed E-state index contributed by atoms with van der Waals surface area (Å²) < 4.78 is 19.3. The minimum atomic E-state index is -2.24. The molecule has 0 fully saturated rings. The zero-order chi connectivity index (χ0) is 32.5. The number of ether oxygens (including phenoxy) is 1. The van der Waals surface area contributed by atoms with E-state index < -0.39 is 8.56 Å². The van der Waals surface area contributed by atoms with Crippen molar-refractivity contribution in [2.45, 2.75) is 186 Å². The smallest absolute Gasteiger partial charge is 0.333 e. The van der Waals surface area contributed by atoms with E-state index in [1.54, 1.807) is 0 Å². The lowest BCUT2D eigenvalue weighted by Gasteiger charge is -2.29. The summed E-state index contributed by atoms with van der Waals surface area (Å²) in [7, 11) is -2.24. The van der Waals surface area contributed by atoms with Crippen LogP contribution in [0.25, 0.3) is 0 Å². The van der Waals surface area contributed by atoms with E-state index >= 15 is 0 Å². The molecule has 0 saturated carbocycles. The summed E-state index contributed by atoms with van der Waals surface area (Å²) in [6.45, 7) is 8.43. The lowest BCUT2D eigenvalue weighted by atomic mass is 10.0. The van der Waals surface area contributed by atoms with Gasteiger partial charge in [-0.25, -0.2) is 0 Å². The van der Waals surface area contributed by atoms with E-state index in [-0.39, 0.29) is 19.5 Å². The fraction of sp³-hybridized carbons (Fsp3) is 0.947. The molecule has 1 unspecified atom stereocenters. The number of aliphatic hydroxyl groups is 2. The number of nitrogens with zero attached hydrogens (tertiary/aromatic N) is 1. The first-order valence-electron chi connectivity index (χ1n) is 19.6. The Morgan fingerprint density at radius 2 is 1.07 bits per heavy atom. The zero-order valence-electron chi connectivity index (χ0n) is 30.1. The third-order valence-electron chi connectivity index (χ3n) is 9.11. The van der Waals surface area contributed by atoms with Gasteiger partial charge in [-0.3, -0.25) is 4.90 Å². The van der Waals surface area contributed by atoms with Crippen LogP contribution in [0.15, 0.2) is 12.2 Å². The minimum absolute atomic E-state index is 0.150. The number of hydrogen-bond donors (Lipinski definition) is 2. The average molecular weight is 656 g/mol. The van der Waals surface area contributed by atoms with Crippen LogP contribution >= 0.6 is 0 Å². The number of allylic oxidation sites excluding steroid dienone is 2. The topological polar surface area (TPSA) is 71.4 Å². The summed E-state index contributed by atoms with van der Waals surface area (Å²) >= 11 is 0. The van der Waals surface area contributed by atoms with Crippen LogP contribution in [0.3, 0.4) is 0 Å². The monoisotopic (exact) mass is 656 g/mol. The highest BCUT2D eigenvalue weighted by molar-refractivity contribution is 6.64. The Kier molecular flexibility index (Phi) is 30.7. The van der Waals surface area contributed by atoms with E-state index in [1.807, 2.05) is 0 Å². The van der Waals surface area contributed by atoms with Crippen molar-refractivity contribution >= 4 is 8.56 Å². The van der Waals surface area contributed by atoms with Gasteiger partial charge < -0.3 is 23.8 Å². The highest BCUT2D eigenvalue weighted by atomic mass is 28.4. The average Bonchev–Trinajstić information content (AvgIpc) is 3.01. The Bertz CT molecular complexity index is 629. The molecule has 0 bridgehead atoms. The molecule has 268 valence electrons. The Hall–Kier alpha value is -0.283. The molecule has 1 aliphatic heterocycles. The molecule has 0 saturated heterocycles. The van der Waals surface area contributed by atoms with Crippen LogP contribution < -0.4 is 0 Å². The first-order valence-corrected chi connectivity index (χ1v) is 22.4. The van der Waals surface area contributed by atoms with Crippen molar-refractivity contribution < 1.29 is 23.8 Å². The quantitative estimate of drug-likeness (QED) is 0.124. The van der Waals surface area contributed by atoms with Crippen LogP contribution in [0.1, 0.15) is 167 Å². The Balaban J connectivity index is 2.42. The van der Waals surface area contributed by atoms with E-state index in [2.05, 4.69) is 30.1 Å². The van der Waals surface area contributed by atoms with Crippen molar-refractivity contribution in [3.05, 3.63) is 12.2 Å². The molecule has 1 rings (SSSR count). The van der Waals surface area contributed by atoms with Gasteiger partial charge in [0.15, 0.2) is 0 Å². The van der Waals surface area contributed by atoms with Crippen LogP contribution in [0.5, 0.6) is 0 Å². The predicted octanol–water partition coefficient (Wildman–Crippen LogP) is 10.1. The van der Waals surface area contributed by atoms with Crippen molar-refractivity contribution in [3.8, 4) is 0 Å². The van der Waals surface area contributed by atoms with Crippen molar-refractivity contribution in [2.75, 3.05) is 46.1 Å². The zero-order valence-corrected chi connectivity index (χ0v) is 31.1. The summed E-state index contributed by atoms with van der Waals surface area (Å²) in [6.07, 6.45) is 38.0. The van der Waals surface area contributed by atoms with Gasteiger partial charge in [-0.05, 0) is 77.4 Å². The second-order valence-corrected chi connectivity index (χ2v) is 17.2. The van der Waals surface area contributed by atoms with E-state index in [0.717, 1.165) is 64.7 Å². The lowest BCUT2D eigenvalue weighted by Crippen LogP contribution is -2.40. The molecule has 7 heteroatoms. The van der Waals surface area contributed by atoms with Gasteiger partial charge in [0.1, 0.15) is 6.29 Å². The van der Waals surface area contributed by atoms with Gasteiger partial charge in [-0.2, -0.15) is 0 Å². The molecule has 6 nitrogen and oxygen atoms in total. The number of unbranched alkanes of at least 4 members (excludes halogenated alkanes) is 3. The molecule has 2 N–H and O–H groups in total. The largest absolute Gasteiger partial charge is 0.395 e. The SMILES string of the molecule is C[Si]1(C)OCCCCCCCCCCCCC=CCCCCCCCCCCCC(OCCCCCCN(CCO)CCO)O1. The van der Waals surface area contributed by atoms with Crippen LogP contribution in [0.4, 0.5) is 0 Å². The summed E-state index contributed by atoms with van der Waals surface area (Å²) in [5.41, 5.74) is 0. The molecular weight excluding hydrogens is 579 g/mol. The molecule has 0 spiro atoms. The van der Waals surface area contributed by atoms with Gasteiger partial charge in [0.25, 0.3) is 0 Å². The Morgan fingerprint density at radius 3 is 1.60 bits per heavy atom. The van der Waals surface area contributed by atoms with Crippen LogP contribution in [0, 0.1) is 0 Å². The highest BCUT2D eigenvalue weighted by Crippen LogP contribution is 2.19. The standard InChI is InChI=1S/C38H77NO5Si/c1-45(2)43-37-29-24-21-19-17-15-13-11-9-7-5-3-4-6-8-10-12-14-16-18-20-22-26-30-38(44-45)42-36-28-25-23-27-31-39(32-34-40)33-35-41/h3-4,38,40-41H,5-37H2,1-2H3. The maximum atomic E-state index is 9.20. The first-order chi connectivity index (χ1) is 22.1. The molecule has 0 aromatic carbocycles. The second kappa shape index (κ2) is 32.3. The summed E-state index contributed by atoms with van der Waals surface area (Å²) in [5.74, 6) is 0. The molecule has 1 atom stereocenters. The van der Waals surface area contributed by atoms with E-state index in [0.29, 0.717) is 13.1 Å². The maximum Gasteiger partial charge on any atom is 0.333 e. The van der Waals surface area contributed by atoms with Crippen molar-refractivity contribution in [3.63, 3.8) is 0 Å². The summed E-state index contributed by atoms with van der Waals surface area (Å²) in [6, 6.07) is 0. The van der Waals surface area contributed by atoms with Crippen LogP contribution in [0.2, 0.25) is 13.1 Å². The van der Waals surface area contributed by atoms with Crippen molar-refractivity contribution in [1.29, 1.82) is 0 Å². The second-order valence-electron chi connectivity index (χ2n) is 13.9. The number of aliphatic hydroxyl groups excluding tert-OH is 2. The lowest BCUT2D eigenvalue weighted by molar-refractivity contribution is -0.104. The van der Waals surface area contributed by atoms with E-state index in [9.17, 15) is 10.2 Å². The maximum absolute atomic E-state index is 9.20. The van der Waals surface area contributed by atoms with Crippen LogP contribution in [-0.2, 0) is 13.6 Å². The van der Waals surface area contributed by atoms with E-state index in [1.165, 1.54) is 122 Å². The fourth-order valence-electron chi connectivity index (χ4n) is 6.29. The van der Waals surface area contributed by atoms with Gasteiger partial charge in [0.2, 0.25) is 0 Å². The molecular formula is C38H77NO5Si. The van der Waals surface area contributed by atoms with Gasteiger partial charge in [0.05, 0.1) is 13.2 Å². The Labute approximate surface area is 281 Å². The number of hydrogen-bond acceptors (Lipinski definition) is 6.